The zero-order valence-corrected chi connectivity index (χ0v) is 8.23. The van der Waals surface area contributed by atoms with Crippen molar-refractivity contribution in [3.8, 4) is 0 Å². The lowest BCUT2D eigenvalue weighted by Gasteiger charge is -2.04. The van der Waals surface area contributed by atoms with Gasteiger partial charge in [0.2, 0.25) is 0 Å². The summed E-state index contributed by atoms with van der Waals surface area (Å²) in [6, 6.07) is 0. The Bertz CT molecular complexity index is 100. The second-order valence-electron chi connectivity index (χ2n) is 3.69. The van der Waals surface area contributed by atoms with Gasteiger partial charge in [0.15, 0.2) is 0 Å². The molecule has 0 aliphatic heterocycles. The number of hydrogen-bond donors (Lipinski definition) is 2. The fourth-order valence-corrected chi connectivity index (χ4v) is 1.40. The molecule has 0 heterocycles. The van der Waals surface area contributed by atoms with E-state index in [1.165, 1.54) is 32.2 Å². The Morgan fingerprint density at radius 1 is 1.08 bits per heavy atom. The minimum absolute atomic E-state index is 1.09. The summed E-state index contributed by atoms with van der Waals surface area (Å²) in [5.74, 6) is 1.10. The van der Waals surface area contributed by atoms with E-state index in [1.807, 2.05) is 0 Å². The summed E-state index contributed by atoms with van der Waals surface area (Å²) in [4.78, 5) is 0. The predicted molar refractivity (Wildman–Crippen MR) is 53.4 cm³/mol. The summed E-state index contributed by atoms with van der Waals surface area (Å²) in [6.45, 7) is 6.68. The summed E-state index contributed by atoms with van der Waals surface area (Å²) in [6.07, 6.45) is 5.82. The van der Waals surface area contributed by atoms with E-state index >= 15 is 0 Å². The van der Waals surface area contributed by atoms with Gasteiger partial charge in [0.05, 0.1) is 0 Å². The zero-order valence-electron chi connectivity index (χ0n) is 8.23. The van der Waals surface area contributed by atoms with Gasteiger partial charge in [-0.15, -0.1) is 0 Å². The highest BCUT2D eigenvalue weighted by Gasteiger charge is 2.19. The fourth-order valence-electron chi connectivity index (χ4n) is 1.40. The van der Waals surface area contributed by atoms with E-state index in [-0.39, 0.29) is 0 Å². The highest BCUT2D eigenvalue weighted by Crippen LogP contribution is 2.33. The lowest BCUT2D eigenvalue weighted by Crippen LogP contribution is -2.27. The topological polar surface area (TPSA) is 24.1 Å². The van der Waals surface area contributed by atoms with Crippen molar-refractivity contribution in [1.82, 2.24) is 10.6 Å². The Labute approximate surface area is 76.1 Å². The van der Waals surface area contributed by atoms with Gasteiger partial charge in [0, 0.05) is 13.1 Å². The first-order valence-corrected chi connectivity index (χ1v) is 5.35. The Hall–Kier alpha value is -0.0800. The molecule has 0 aromatic heterocycles. The highest BCUT2D eigenvalue weighted by molar-refractivity contribution is 4.72. The summed E-state index contributed by atoms with van der Waals surface area (Å²) in [5.41, 5.74) is 0. The van der Waals surface area contributed by atoms with E-state index in [0.29, 0.717) is 0 Å². The van der Waals surface area contributed by atoms with Crippen LogP contribution < -0.4 is 10.6 Å². The molecule has 2 nitrogen and oxygen atoms in total. The second-order valence-corrected chi connectivity index (χ2v) is 3.69. The number of nitrogens with one attached hydrogen (secondary N) is 2. The number of likely N-dealkylation sites (N-methyl/N-ethyl adjacent to an activating group) is 1. The first kappa shape index (κ1) is 10.0. The second kappa shape index (κ2) is 6.44. The third kappa shape index (κ3) is 5.56. The molecule has 1 fully saturated rings. The molecule has 2 N–H and O–H groups in total. The molecule has 0 saturated heterocycles. The lowest BCUT2D eigenvalue weighted by atomic mass is 10.2. The van der Waals surface area contributed by atoms with Crippen LogP contribution in [0.3, 0.4) is 0 Å². The van der Waals surface area contributed by atoms with Crippen LogP contribution in [-0.4, -0.2) is 26.2 Å². The average molecular weight is 170 g/mol. The van der Waals surface area contributed by atoms with Gasteiger partial charge in [-0.05, 0) is 31.8 Å². The largest absolute Gasteiger partial charge is 0.316 e. The van der Waals surface area contributed by atoms with Gasteiger partial charge in [-0.3, -0.25) is 0 Å². The van der Waals surface area contributed by atoms with Crippen LogP contribution in [-0.2, 0) is 0 Å². The van der Waals surface area contributed by atoms with E-state index in [1.54, 1.807) is 0 Å². The SMILES string of the molecule is CCNCCNCCCC1CC1. The van der Waals surface area contributed by atoms with Gasteiger partial charge < -0.3 is 10.6 Å². The minimum atomic E-state index is 1.09. The van der Waals surface area contributed by atoms with Crippen LogP contribution in [0.15, 0.2) is 0 Å². The molecule has 0 spiro atoms. The van der Waals surface area contributed by atoms with Crippen LogP contribution in [0.2, 0.25) is 0 Å². The van der Waals surface area contributed by atoms with Crippen molar-refractivity contribution in [2.75, 3.05) is 26.2 Å². The number of rotatable bonds is 8. The molecule has 0 radical (unpaired) electrons. The fraction of sp³-hybridized carbons (Fsp3) is 1.00. The van der Waals surface area contributed by atoms with Gasteiger partial charge in [0.25, 0.3) is 0 Å². The van der Waals surface area contributed by atoms with Crippen molar-refractivity contribution in [3.63, 3.8) is 0 Å². The van der Waals surface area contributed by atoms with Crippen LogP contribution in [0.1, 0.15) is 32.6 Å². The maximum atomic E-state index is 3.44. The maximum Gasteiger partial charge on any atom is 0.00767 e. The van der Waals surface area contributed by atoms with Crippen LogP contribution in [0.25, 0.3) is 0 Å². The monoisotopic (exact) mass is 170 g/mol. The third-order valence-corrected chi connectivity index (χ3v) is 2.39. The third-order valence-electron chi connectivity index (χ3n) is 2.39. The molecular formula is C10H22N2. The molecule has 1 saturated carbocycles. The molecule has 1 rings (SSSR count). The molecule has 0 aromatic carbocycles. The molecular weight excluding hydrogens is 148 g/mol. The Kier molecular flexibility index (Phi) is 5.37. The van der Waals surface area contributed by atoms with Crippen molar-refractivity contribution < 1.29 is 0 Å². The first-order valence-electron chi connectivity index (χ1n) is 5.35. The standard InChI is InChI=1S/C10H22N2/c1-2-11-8-9-12-7-3-4-10-5-6-10/h10-12H,2-9H2,1H3. The molecule has 2 heteroatoms. The minimum Gasteiger partial charge on any atom is -0.316 e. The first-order chi connectivity index (χ1) is 5.93. The maximum absolute atomic E-state index is 3.44. The molecule has 0 amide bonds. The van der Waals surface area contributed by atoms with Crippen molar-refractivity contribution in [1.29, 1.82) is 0 Å². The van der Waals surface area contributed by atoms with Crippen LogP contribution in [0.5, 0.6) is 0 Å². The van der Waals surface area contributed by atoms with Crippen LogP contribution >= 0.6 is 0 Å². The molecule has 0 unspecified atom stereocenters. The Balaban J connectivity index is 1.65. The number of hydrogen-bond acceptors (Lipinski definition) is 2. The quantitative estimate of drug-likeness (QED) is 0.538. The van der Waals surface area contributed by atoms with Crippen LogP contribution in [0, 0.1) is 5.92 Å². The molecule has 0 bridgehead atoms. The summed E-state index contributed by atoms with van der Waals surface area (Å²) in [7, 11) is 0. The molecule has 1 aliphatic rings. The summed E-state index contributed by atoms with van der Waals surface area (Å²) >= 11 is 0. The van der Waals surface area contributed by atoms with Gasteiger partial charge in [-0.25, -0.2) is 0 Å². The normalized spacial score (nSPS) is 16.8. The smallest absolute Gasteiger partial charge is 0.00767 e. The van der Waals surface area contributed by atoms with Crippen molar-refractivity contribution >= 4 is 0 Å². The van der Waals surface area contributed by atoms with Gasteiger partial charge >= 0.3 is 0 Å². The molecule has 1 aliphatic carbocycles. The summed E-state index contributed by atoms with van der Waals surface area (Å²) in [5, 5.41) is 6.74. The van der Waals surface area contributed by atoms with Gasteiger partial charge in [0.1, 0.15) is 0 Å². The summed E-state index contributed by atoms with van der Waals surface area (Å²) < 4.78 is 0. The van der Waals surface area contributed by atoms with Crippen molar-refractivity contribution in [2.45, 2.75) is 32.6 Å². The van der Waals surface area contributed by atoms with Gasteiger partial charge in [-0.1, -0.05) is 19.8 Å². The molecule has 0 atom stereocenters. The average Bonchev–Trinajstić information content (AvgIpc) is 2.87. The highest BCUT2D eigenvalue weighted by atomic mass is 14.9. The zero-order chi connectivity index (χ0) is 8.65. The van der Waals surface area contributed by atoms with Crippen LogP contribution in [0.4, 0.5) is 0 Å². The van der Waals surface area contributed by atoms with E-state index < -0.39 is 0 Å². The molecule has 0 aromatic rings. The van der Waals surface area contributed by atoms with E-state index in [4.69, 9.17) is 0 Å². The predicted octanol–water partition coefficient (Wildman–Crippen LogP) is 1.38. The van der Waals surface area contributed by atoms with E-state index in [2.05, 4.69) is 17.6 Å². The molecule has 12 heavy (non-hydrogen) atoms. The molecule has 72 valence electrons. The van der Waals surface area contributed by atoms with Gasteiger partial charge in [-0.2, -0.15) is 0 Å². The lowest BCUT2D eigenvalue weighted by molar-refractivity contribution is 0.575. The van der Waals surface area contributed by atoms with E-state index in [9.17, 15) is 0 Å². The Morgan fingerprint density at radius 2 is 1.83 bits per heavy atom. The Morgan fingerprint density at radius 3 is 2.50 bits per heavy atom. The van der Waals surface area contributed by atoms with Crippen molar-refractivity contribution in [2.24, 2.45) is 5.92 Å². The van der Waals surface area contributed by atoms with Crippen molar-refractivity contribution in [3.05, 3.63) is 0 Å². The van der Waals surface area contributed by atoms with E-state index in [0.717, 1.165) is 25.6 Å².